The first-order valence-electron chi connectivity index (χ1n) is 5.97. The van der Waals surface area contributed by atoms with E-state index in [9.17, 15) is 14.4 Å². The fraction of sp³-hybridized carbons (Fsp3) is 0.727. The van der Waals surface area contributed by atoms with Crippen LogP contribution in [0.3, 0.4) is 0 Å². The summed E-state index contributed by atoms with van der Waals surface area (Å²) >= 11 is 0. The van der Waals surface area contributed by atoms with Gasteiger partial charge in [-0.05, 0) is 19.8 Å². The number of ether oxygens (including phenoxy) is 1. The maximum Gasteiger partial charge on any atom is 0.325 e. The Balaban J connectivity index is 2.31. The van der Waals surface area contributed by atoms with E-state index in [0.29, 0.717) is 12.8 Å². The standard InChI is InChI=1S/C11H18N2O5/c1-2-18-9(14)6-12-11(17)13-8-5-3-4-7(8)10(15)16/h7-8H,2-6H2,1H3,(H,15,16)(H2,12,13,17). The molecule has 1 fully saturated rings. The summed E-state index contributed by atoms with van der Waals surface area (Å²) < 4.78 is 4.65. The lowest BCUT2D eigenvalue weighted by atomic mass is 10.0. The summed E-state index contributed by atoms with van der Waals surface area (Å²) in [5.41, 5.74) is 0. The summed E-state index contributed by atoms with van der Waals surface area (Å²) in [5, 5.41) is 13.8. The zero-order valence-electron chi connectivity index (χ0n) is 10.3. The molecule has 7 nitrogen and oxygen atoms in total. The Morgan fingerprint density at radius 1 is 1.33 bits per heavy atom. The number of amides is 2. The minimum absolute atomic E-state index is 0.218. The van der Waals surface area contributed by atoms with E-state index < -0.39 is 23.9 Å². The van der Waals surface area contributed by atoms with Crippen LogP contribution in [-0.4, -0.2) is 42.3 Å². The van der Waals surface area contributed by atoms with Crippen molar-refractivity contribution in [2.45, 2.75) is 32.2 Å². The molecule has 2 amide bonds. The van der Waals surface area contributed by atoms with Crippen molar-refractivity contribution in [3.63, 3.8) is 0 Å². The van der Waals surface area contributed by atoms with Crippen LogP contribution >= 0.6 is 0 Å². The summed E-state index contributed by atoms with van der Waals surface area (Å²) in [4.78, 5) is 33.4. The predicted molar refractivity (Wildman–Crippen MR) is 61.9 cm³/mol. The highest BCUT2D eigenvalue weighted by Crippen LogP contribution is 2.25. The third-order valence-electron chi connectivity index (χ3n) is 2.85. The van der Waals surface area contributed by atoms with Crippen LogP contribution in [0.5, 0.6) is 0 Å². The first kappa shape index (κ1) is 14.3. The molecule has 2 atom stereocenters. The third-order valence-corrected chi connectivity index (χ3v) is 2.85. The van der Waals surface area contributed by atoms with Crippen molar-refractivity contribution in [3.05, 3.63) is 0 Å². The van der Waals surface area contributed by atoms with Crippen molar-refractivity contribution in [2.75, 3.05) is 13.2 Å². The molecule has 0 aromatic carbocycles. The Hall–Kier alpha value is -1.79. The van der Waals surface area contributed by atoms with Gasteiger partial charge in [0.25, 0.3) is 0 Å². The molecule has 1 aliphatic carbocycles. The van der Waals surface area contributed by atoms with Gasteiger partial charge in [-0.25, -0.2) is 4.79 Å². The van der Waals surface area contributed by atoms with Crippen LogP contribution in [0.25, 0.3) is 0 Å². The molecule has 2 unspecified atom stereocenters. The first-order valence-corrected chi connectivity index (χ1v) is 5.97. The topological polar surface area (TPSA) is 105 Å². The first-order chi connectivity index (χ1) is 8.54. The smallest absolute Gasteiger partial charge is 0.325 e. The van der Waals surface area contributed by atoms with Crippen LogP contribution in [0.2, 0.25) is 0 Å². The quantitative estimate of drug-likeness (QED) is 0.607. The van der Waals surface area contributed by atoms with Gasteiger partial charge >= 0.3 is 18.0 Å². The average Bonchev–Trinajstić information content (AvgIpc) is 2.75. The number of hydrogen-bond donors (Lipinski definition) is 3. The summed E-state index contributed by atoms with van der Waals surface area (Å²) in [5.74, 6) is -1.96. The van der Waals surface area contributed by atoms with Gasteiger partial charge in [0.05, 0.1) is 12.5 Å². The number of carboxylic acids is 1. The minimum Gasteiger partial charge on any atom is -0.481 e. The molecule has 7 heteroatoms. The van der Waals surface area contributed by atoms with Crippen molar-refractivity contribution in [3.8, 4) is 0 Å². The maximum atomic E-state index is 11.5. The van der Waals surface area contributed by atoms with Gasteiger partial charge in [-0.1, -0.05) is 6.42 Å². The van der Waals surface area contributed by atoms with Gasteiger partial charge in [-0.15, -0.1) is 0 Å². The second kappa shape index (κ2) is 6.83. The van der Waals surface area contributed by atoms with Crippen molar-refractivity contribution in [1.82, 2.24) is 10.6 Å². The molecular weight excluding hydrogens is 240 g/mol. The van der Waals surface area contributed by atoms with Gasteiger partial charge in [0.2, 0.25) is 0 Å². The predicted octanol–water partition coefficient (Wildman–Crippen LogP) is 0.102. The van der Waals surface area contributed by atoms with Gasteiger partial charge in [0, 0.05) is 6.04 Å². The number of carbonyl (C=O) groups excluding carboxylic acids is 2. The molecule has 3 N–H and O–H groups in total. The molecule has 0 saturated heterocycles. The van der Waals surface area contributed by atoms with Gasteiger partial charge in [-0.2, -0.15) is 0 Å². The van der Waals surface area contributed by atoms with E-state index in [0.717, 1.165) is 6.42 Å². The molecule has 0 radical (unpaired) electrons. The maximum absolute atomic E-state index is 11.5. The van der Waals surface area contributed by atoms with Crippen molar-refractivity contribution in [1.29, 1.82) is 0 Å². The number of esters is 1. The molecule has 1 saturated carbocycles. The molecule has 102 valence electrons. The van der Waals surface area contributed by atoms with Crippen molar-refractivity contribution in [2.24, 2.45) is 5.92 Å². The zero-order valence-corrected chi connectivity index (χ0v) is 10.3. The number of nitrogens with one attached hydrogen (secondary N) is 2. The number of hydrogen-bond acceptors (Lipinski definition) is 4. The Morgan fingerprint density at radius 3 is 2.67 bits per heavy atom. The van der Waals surface area contributed by atoms with E-state index in [2.05, 4.69) is 15.4 Å². The monoisotopic (exact) mass is 258 g/mol. The summed E-state index contributed by atoms with van der Waals surface area (Å²) in [7, 11) is 0. The molecule has 0 heterocycles. The Kier molecular flexibility index (Phi) is 5.41. The largest absolute Gasteiger partial charge is 0.481 e. The molecule has 18 heavy (non-hydrogen) atoms. The Morgan fingerprint density at radius 2 is 2.06 bits per heavy atom. The lowest BCUT2D eigenvalue weighted by molar-refractivity contribution is -0.143. The number of carboxylic acid groups (broad SMARTS) is 1. The number of urea groups is 1. The Labute approximate surface area is 105 Å². The van der Waals surface area contributed by atoms with E-state index in [4.69, 9.17) is 5.11 Å². The number of carbonyl (C=O) groups is 3. The Bertz CT molecular complexity index is 331. The van der Waals surface area contributed by atoms with Crippen LogP contribution in [0.1, 0.15) is 26.2 Å². The lowest BCUT2D eigenvalue weighted by Gasteiger charge is -2.17. The van der Waals surface area contributed by atoms with Crippen LogP contribution in [0, 0.1) is 5.92 Å². The molecule has 0 bridgehead atoms. The molecule has 0 aromatic rings. The minimum atomic E-state index is -0.900. The van der Waals surface area contributed by atoms with E-state index in [1.165, 1.54) is 0 Å². The molecule has 0 aliphatic heterocycles. The van der Waals surface area contributed by atoms with Gasteiger partial charge in [0.1, 0.15) is 6.54 Å². The van der Waals surface area contributed by atoms with Crippen LogP contribution in [0.4, 0.5) is 4.79 Å². The number of aliphatic carboxylic acids is 1. The van der Waals surface area contributed by atoms with Crippen molar-refractivity contribution >= 4 is 18.0 Å². The third kappa shape index (κ3) is 4.23. The highest BCUT2D eigenvalue weighted by Gasteiger charge is 2.33. The van der Waals surface area contributed by atoms with Gasteiger partial charge < -0.3 is 20.5 Å². The average molecular weight is 258 g/mol. The SMILES string of the molecule is CCOC(=O)CNC(=O)NC1CCCC1C(=O)O. The van der Waals surface area contributed by atoms with Crippen molar-refractivity contribution < 1.29 is 24.2 Å². The van der Waals surface area contributed by atoms with Crippen LogP contribution in [0.15, 0.2) is 0 Å². The molecular formula is C11H18N2O5. The molecule has 0 spiro atoms. The normalized spacial score (nSPS) is 22.3. The van der Waals surface area contributed by atoms with E-state index in [1.54, 1.807) is 6.92 Å². The summed E-state index contributed by atoms with van der Waals surface area (Å²) in [6, 6.07) is -0.911. The lowest BCUT2D eigenvalue weighted by Crippen LogP contribution is -2.46. The van der Waals surface area contributed by atoms with Gasteiger partial charge in [-0.3, -0.25) is 9.59 Å². The second-order valence-corrected chi connectivity index (χ2v) is 4.11. The fourth-order valence-corrected chi connectivity index (χ4v) is 2.01. The van der Waals surface area contributed by atoms with Gasteiger partial charge in [0.15, 0.2) is 0 Å². The molecule has 1 aliphatic rings. The fourth-order valence-electron chi connectivity index (χ4n) is 2.01. The highest BCUT2D eigenvalue weighted by molar-refractivity contribution is 5.81. The summed E-state index contributed by atoms with van der Waals surface area (Å²) in [6.07, 6.45) is 1.99. The van der Waals surface area contributed by atoms with E-state index >= 15 is 0 Å². The van der Waals surface area contributed by atoms with E-state index in [1.807, 2.05) is 0 Å². The number of rotatable bonds is 5. The van der Waals surface area contributed by atoms with Crippen LogP contribution < -0.4 is 10.6 Å². The highest BCUT2D eigenvalue weighted by atomic mass is 16.5. The second-order valence-electron chi connectivity index (χ2n) is 4.11. The zero-order chi connectivity index (χ0) is 13.5. The van der Waals surface area contributed by atoms with Crippen LogP contribution in [-0.2, 0) is 14.3 Å². The molecule has 0 aromatic heterocycles. The summed E-state index contributed by atoms with van der Waals surface area (Å²) in [6.45, 7) is 1.71. The van der Waals surface area contributed by atoms with E-state index in [-0.39, 0.29) is 19.2 Å². The molecule has 1 rings (SSSR count).